The SMILES string of the molecule is CC(C)CC1(CC(C)C)c2ccccc2-c2ccc([Si](C)(c3ccc4c(c3)Cc3ccccc3-4)c3ccc4c(c3)Cc3ccccc3-4)cc21. The predicted octanol–water partition coefficient (Wildman–Crippen LogP) is 10.3. The number of hydrogen-bond acceptors (Lipinski definition) is 0. The second-order valence-electron chi connectivity index (χ2n) is 16.1. The molecular weight excluding hydrogens is 605 g/mol. The Morgan fingerprint density at radius 2 is 0.857 bits per heavy atom. The van der Waals surface area contributed by atoms with Crippen LogP contribution < -0.4 is 15.6 Å². The molecule has 0 nitrogen and oxygen atoms in total. The van der Waals surface area contributed by atoms with E-state index >= 15 is 0 Å². The van der Waals surface area contributed by atoms with Gasteiger partial charge in [0.1, 0.15) is 8.07 Å². The van der Waals surface area contributed by atoms with Crippen molar-refractivity contribution < 1.29 is 0 Å². The molecule has 0 N–H and O–H groups in total. The van der Waals surface area contributed by atoms with Crippen molar-refractivity contribution >= 4 is 23.6 Å². The second-order valence-corrected chi connectivity index (χ2v) is 20.1. The molecule has 0 fully saturated rings. The highest BCUT2D eigenvalue weighted by atomic mass is 28.3. The molecule has 0 saturated heterocycles. The molecule has 49 heavy (non-hydrogen) atoms. The molecular formula is C48H46Si. The standard InChI is InChI=1S/C48H46Si/c1-31(2)29-48(30-32(3)4)46-17-11-10-16-44(46)45-23-20-39(28-47(45)48)49(5,37-18-21-42-35(26-37)24-33-12-6-8-14-40(33)42)38-19-22-43-36(27-38)25-34-13-7-9-15-41(34)43/h6-23,26-28,31-32H,24-25,29-30H2,1-5H3. The Balaban J connectivity index is 1.26. The smallest absolute Gasteiger partial charge is 0.0627 e. The summed E-state index contributed by atoms with van der Waals surface area (Å²) in [6, 6.07) is 50.1. The molecule has 0 radical (unpaired) electrons. The van der Waals surface area contributed by atoms with E-state index < -0.39 is 8.07 Å². The van der Waals surface area contributed by atoms with Crippen LogP contribution in [0.25, 0.3) is 33.4 Å². The number of benzene rings is 6. The molecule has 0 bridgehead atoms. The van der Waals surface area contributed by atoms with E-state index in [1.54, 1.807) is 11.1 Å². The average Bonchev–Trinajstić information content (AvgIpc) is 3.75. The zero-order chi connectivity index (χ0) is 33.5. The lowest BCUT2D eigenvalue weighted by Gasteiger charge is -2.37. The van der Waals surface area contributed by atoms with Gasteiger partial charge < -0.3 is 0 Å². The molecule has 1 heteroatoms. The van der Waals surface area contributed by atoms with Gasteiger partial charge in [-0.15, -0.1) is 0 Å². The van der Waals surface area contributed by atoms with Gasteiger partial charge in [-0.05, 0) is 120 Å². The fraction of sp³-hybridized carbons (Fsp3) is 0.250. The van der Waals surface area contributed by atoms with Crippen LogP contribution in [0.15, 0.2) is 127 Å². The Bertz CT molecular complexity index is 2160. The Kier molecular flexibility index (Phi) is 7.05. The Morgan fingerprint density at radius 1 is 0.449 bits per heavy atom. The summed E-state index contributed by atoms with van der Waals surface area (Å²) < 4.78 is 0. The highest BCUT2D eigenvalue weighted by Gasteiger charge is 2.45. The quantitative estimate of drug-likeness (QED) is 0.119. The summed E-state index contributed by atoms with van der Waals surface area (Å²) in [4.78, 5) is 0. The van der Waals surface area contributed by atoms with Crippen LogP contribution in [0, 0.1) is 11.8 Å². The van der Waals surface area contributed by atoms with Gasteiger partial charge in [0.25, 0.3) is 0 Å². The van der Waals surface area contributed by atoms with E-state index in [0.717, 1.165) is 12.8 Å². The van der Waals surface area contributed by atoms with Crippen molar-refractivity contribution in [2.45, 2.75) is 65.3 Å². The van der Waals surface area contributed by atoms with Gasteiger partial charge in [0.15, 0.2) is 0 Å². The lowest BCUT2D eigenvalue weighted by molar-refractivity contribution is 0.337. The van der Waals surface area contributed by atoms with E-state index in [1.807, 2.05) is 0 Å². The molecule has 0 amide bonds. The van der Waals surface area contributed by atoms with Gasteiger partial charge in [0.2, 0.25) is 0 Å². The third-order valence-corrected chi connectivity index (χ3v) is 16.5. The van der Waals surface area contributed by atoms with E-state index in [0.29, 0.717) is 11.8 Å². The van der Waals surface area contributed by atoms with Crippen molar-refractivity contribution in [2.75, 3.05) is 0 Å². The first kappa shape index (κ1) is 30.6. The third kappa shape index (κ3) is 4.62. The number of rotatable bonds is 7. The summed E-state index contributed by atoms with van der Waals surface area (Å²) >= 11 is 0. The monoisotopic (exact) mass is 650 g/mol. The molecule has 6 aromatic carbocycles. The van der Waals surface area contributed by atoms with Gasteiger partial charge in [-0.2, -0.15) is 0 Å². The first-order valence-corrected chi connectivity index (χ1v) is 20.9. The van der Waals surface area contributed by atoms with Gasteiger partial charge in [-0.25, -0.2) is 0 Å². The zero-order valence-electron chi connectivity index (χ0n) is 29.6. The van der Waals surface area contributed by atoms with Crippen LogP contribution in [0.2, 0.25) is 6.55 Å². The number of hydrogen-bond donors (Lipinski definition) is 0. The number of fused-ring (bicyclic) bond motifs is 9. The van der Waals surface area contributed by atoms with Crippen LogP contribution >= 0.6 is 0 Å². The van der Waals surface area contributed by atoms with Gasteiger partial charge >= 0.3 is 0 Å². The summed E-state index contributed by atoms with van der Waals surface area (Å²) in [7, 11) is -2.46. The Morgan fingerprint density at radius 3 is 1.39 bits per heavy atom. The molecule has 3 aliphatic rings. The van der Waals surface area contributed by atoms with Crippen LogP contribution in [-0.2, 0) is 18.3 Å². The van der Waals surface area contributed by atoms with Crippen molar-refractivity contribution in [1.82, 2.24) is 0 Å². The van der Waals surface area contributed by atoms with Crippen LogP contribution in [0.4, 0.5) is 0 Å². The first-order valence-electron chi connectivity index (χ1n) is 18.4. The summed E-state index contributed by atoms with van der Waals surface area (Å²) in [6.45, 7) is 12.3. The molecule has 6 aromatic rings. The van der Waals surface area contributed by atoms with E-state index in [2.05, 4.69) is 162 Å². The minimum atomic E-state index is -2.46. The van der Waals surface area contributed by atoms with Crippen molar-refractivity contribution in [2.24, 2.45) is 11.8 Å². The molecule has 0 spiro atoms. The molecule has 0 atom stereocenters. The van der Waals surface area contributed by atoms with Crippen molar-refractivity contribution in [3.63, 3.8) is 0 Å². The van der Waals surface area contributed by atoms with Gasteiger partial charge in [-0.1, -0.05) is 162 Å². The highest BCUT2D eigenvalue weighted by molar-refractivity contribution is 7.10. The molecule has 0 aromatic heterocycles. The lowest BCUT2D eigenvalue weighted by atomic mass is 9.68. The van der Waals surface area contributed by atoms with Crippen LogP contribution in [-0.4, -0.2) is 8.07 Å². The highest BCUT2D eigenvalue weighted by Crippen LogP contribution is 2.54. The Hall–Kier alpha value is -4.46. The molecule has 9 rings (SSSR count). The van der Waals surface area contributed by atoms with Crippen molar-refractivity contribution in [1.29, 1.82) is 0 Å². The molecule has 3 aliphatic carbocycles. The molecule has 0 heterocycles. The minimum absolute atomic E-state index is 0.0265. The van der Waals surface area contributed by atoms with Gasteiger partial charge in [0, 0.05) is 5.41 Å². The molecule has 0 unspecified atom stereocenters. The fourth-order valence-electron chi connectivity index (χ4n) is 10.1. The normalized spacial score (nSPS) is 14.8. The van der Waals surface area contributed by atoms with Crippen molar-refractivity contribution in [3.8, 4) is 33.4 Å². The predicted molar refractivity (Wildman–Crippen MR) is 211 cm³/mol. The van der Waals surface area contributed by atoms with Gasteiger partial charge in [-0.3, -0.25) is 0 Å². The molecule has 242 valence electrons. The average molecular weight is 651 g/mol. The van der Waals surface area contributed by atoms with Crippen LogP contribution in [0.1, 0.15) is 73.9 Å². The molecule has 0 aliphatic heterocycles. The van der Waals surface area contributed by atoms with E-state index in [4.69, 9.17) is 0 Å². The minimum Gasteiger partial charge on any atom is -0.0627 e. The summed E-state index contributed by atoms with van der Waals surface area (Å²) in [5, 5.41) is 4.56. The summed E-state index contributed by atoms with van der Waals surface area (Å²) in [6.07, 6.45) is 4.39. The maximum atomic E-state index is 2.70. The van der Waals surface area contributed by atoms with Gasteiger partial charge in [0.05, 0.1) is 0 Å². The summed E-state index contributed by atoms with van der Waals surface area (Å²) in [5.41, 5.74) is 17.5. The largest absolute Gasteiger partial charge is 0.145 e. The second kappa shape index (κ2) is 11.3. The van der Waals surface area contributed by atoms with E-state index in [-0.39, 0.29) is 5.41 Å². The Labute approximate surface area is 293 Å². The molecule has 0 saturated carbocycles. The van der Waals surface area contributed by atoms with E-state index in [9.17, 15) is 0 Å². The zero-order valence-corrected chi connectivity index (χ0v) is 30.6. The lowest BCUT2D eigenvalue weighted by Crippen LogP contribution is -2.65. The third-order valence-electron chi connectivity index (χ3n) is 12.1. The van der Waals surface area contributed by atoms with Crippen LogP contribution in [0.5, 0.6) is 0 Å². The van der Waals surface area contributed by atoms with Crippen LogP contribution in [0.3, 0.4) is 0 Å². The maximum absolute atomic E-state index is 2.70. The fourth-order valence-corrected chi connectivity index (χ4v) is 13.7. The maximum Gasteiger partial charge on any atom is 0.145 e. The first-order chi connectivity index (χ1) is 23.8. The van der Waals surface area contributed by atoms with E-state index in [1.165, 1.54) is 84.0 Å². The summed E-state index contributed by atoms with van der Waals surface area (Å²) in [5.74, 6) is 1.20. The van der Waals surface area contributed by atoms with Crippen molar-refractivity contribution in [3.05, 3.63) is 161 Å². The topological polar surface area (TPSA) is 0 Å².